The SMILES string of the molecule is COc1ccc(CCc2cc3ccc(OC)cc3n(CC(=O)Nc3cccc(Cl)c3)c2=O)cc1. The van der Waals surface area contributed by atoms with Gasteiger partial charge in [0.2, 0.25) is 5.91 Å². The van der Waals surface area contributed by atoms with Gasteiger partial charge >= 0.3 is 0 Å². The Morgan fingerprint density at radius 1 is 0.912 bits per heavy atom. The number of pyridine rings is 1. The molecule has 0 saturated carbocycles. The minimum Gasteiger partial charge on any atom is -0.497 e. The highest BCUT2D eigenvalue weighted by molar-refractivity contribution is 6.30. The molecule has 0 bridgehead atoms. The summed E-state index contributed by atoms with van der Waals surface area (Å²) in [7, 11) is 3.20. The van der Waals surface area contributed by atoms with E-state index in [1.807, 2.05) is 42.5 Å². The van der Waals surface area contributed by atoms with Crippen LogP contribution in [-0.2, 0) is 24.2 Å². The summed E-state index contributed by atoms with van der Waals surface area (Å²) in [5.41, 5.74) is 2.75. The number of hydrogen-bond acceptors (Lipinski definition) is 4. The van der Waals surface area contributed by atoms with Crippen LogP contribution in [0.5, 0.6) is 11.5 Å². The Kier molecular flexibility index (Phi) is 7.18. The summed E-state index contributed by atoms with van der Waals surface area (Å²) in [5.74, 6) is 1.08. The molecule has 34 heavy (non-hydrogen) atoms. The Labute approximate surface area is 202 Å². The lowest BCUT2D eigenvalue weighted by Crippen LogP contribution is -2.30. The van der Waals surface area contributed by atoms with Gasteiger partial charge < -0.3 is 14.8 Å². The molecular formula is C27H25ClN2O4. The number of aromatic nitrogens is 1. The third kappa shape index (κ3) is 5.41. The highest BCUT2D eigenvalue weighted by Gasteiger charge is 2.14. The molecule has 3 aromatic carbocycles. The van der Waals surface area contributed by atoms with Crippen LogP contribution < -0.4 is 20.3 Å². The zero-order valence-electron chi connectivity index (χ0n) is 19.0. The van der Waals surface area contributed by atoms with Crippen molar-refractivity contribution in [3.05, 3.63) is 99.3 Å². The normalized spacial score (nSPS) is 10.8. The lowest BCUT2D eigenvalue weighted by molar-refractivity contribution is -0.116. The first-order valence-corrected chi connectivity index (χ1v) is 11.2. The predicted octanol–water partition coefficient (Wildman–Crippen LogP) is 5.10. The summed E-state index contributed by atoms with van der Waals surface area (Å²) < 4.78 is 12.1. The minimum absolute atomic E-state index is 0.134. The highest BCUT2D eigenvalue weighted by Crippen LogP contribution is 2.22. The summed E-state index contributed by atoms with van der Waals surface area (Å²) in [6, 6.07) is 22.1. The maximum absolute atomic E-state index is 13.4. The van der Waals surface area contributed by atoms with Gasteiger partial charge in [0.05, 0.1) is 19.7 Å². The Morgan fingerprint density at radius 3 is 2.35 bits per heavy atom. The first-order valence-electron chi connectivity index (χ1n) is 10.9. The molecule has 1 aromatic heterocycles. The molecular weight excluding hydrogens is 452 g/mol. The van der Waals surface area contributed by atoms with Crippen molar-refractivity contribution >= 4 is 34.1 Å². The van der Waals surface area contributed by atoms with Crippen LogP contribution in [0, 0.1) is 0 Å². The van der Waals surface area contributed by atoms with Gasteiger partial charge in [-0.05, 0) is 72.3 Å². The Morgan fingerprint density at radius 2 is 1.65 bits per heavy atom. The number of rotatable bonds is 8. The monoisotopic (exact) mass is 476 g/mol. The number of benzene rings is 3. The van der Waals surface area contributed by atoms with Crippen LogP contribution in [0.2, 0.25) is 5.02 Å². The Bertz CT molecular complexity index is 1380. The molecule has 1 N–H and O–H groups in total. The summed E-state index contributed by atoms with van der Waals surface area (Å²) in [6.45, 7) is -0.134. The number of nitrogens with zero attached hydrogens (tertiary/aromatic N) is 1. The standard InChI is InChI=1S/C27H25ClN2O4/c1-33-23-11-7-18(8-12-23)6-9-20-14-19-10-13-24(34-2)16-25(19)30(27(20)32)17-26(31)29-22-5-3-4-21(28)15-22/h3-5,7-8,10-16H,6,9,17H2,1-2H3,(H,29,31). The summed E-state index contributed by atoms with van der Waals surface area (Å²) in [4.78, 5) is 26.3. The fourth-order valence-electron chi connectivity index (χ4n) is 3.86. The molecule has 4 rings (SSSR count). The summed E-state index contributed by atoms with van der Waals surface area (Å²) in [6.07, 6.45) is 1.23. The van der Waals surface area contributed by atoms with E-state index in [2.05, 4.69) is 5.32 Å². The van der Waals surface area contributed by atoms with E-state index in [0.29, 0.717) is 40.4 Å². The molecule has 1 amide bonds. The molecule has 0 aliphatic heterocycles. The van der Waals surface area contributed by atoms with Crippen molar-refractivity contribution in [3.63, 3.8) is 0 Å². The van der Waals surface area contributed by atoms with Crippen molar-refractivity contribution in [2.45, 2.75) is 19.4 Å². The number of hydrogen-bond donors (Lipinski definition) is 1. The molecule has 0 spiro atoms. The number of carbonyl (C=O) groups is 1. The molecule has 0 atom stereocenters. The van der Waals surface area contributed by atoms with Gasteiger partial charge in [-0.2, -0.15) is 0 Å². The Hall–Kier alpha value is -3.77. The molecule has 0 saturated heterocycles. The van der Waals surface area contributed by atoms with Crippen LogP contribution in [0.15, 0.2) is 77.6 Å². The van der Waals surface area contributed by atoms with E-state index < -0.39 is 0 Å². The molecule has 6 nitrogen and oxygen atoms in total. The Balaban J connectivity index is 1.65. The molecule has 0 unspecified atom stereocenters. The number of halogens is 1. The second kappa shape index (κ2) is 10.4. The number of amides is 1. The van der Waals surface area contributed by atoms with Crippen LogP contribution in [0.1, 0.15) is 11.1 Å². The smallest absolute Gasteiger partial charge is 0.254 e. The quantitative estimate of drug-likeness (QED) is 0.384. The van der Waals surface area contributed by atoms with Crippen LogP contribution in [0.3, 0.4) is 0 Å². The van der Waals surface area contributed by atoms with Gasteiger partial charge in [0, 0.05) is 22.3 Å². The summed E-state index contributed by atoms with van der Waals surface area (Å²) >= 11 is 6.02. The van der Waals surface area contributed by atoms with E-state index in [1.54, 1.807) is 44.6 Å². The molecule has 7 heteroatoms. The number of fused-ring (bicyclic) bond motifs is 1. The van der Waals surface area contributed by atoms with Crippen molar-refractivity contribution in [2.24, 2.45) is 0 Å². The van der Waals surface area contributed by atoms with Gasteiger partial charge in [-0.1, -0.05) is 29.8 Å². The van der Waals surface area contributed by atoms with Gasteiger partial charge in [-0.15, -0.1) is 0 Å². The maximum atomic E-state index is 13.4. The van der Waals surface area contributed by atoms with Crippen molar-refractivity contribution in [2.75, 3.05) is 19.5 Å². The highest BCUT2D eigenvalue weighted by atomic mass is 35.5. The fourth-order valence-corrected chi connectivity index (χ4v) is 4.05. The van der Waals surface area contributed by atoms with E-state index in [9.17, 15) is 9.59 Å². The van der Waals surface area contributed by atoms with Crippen LogP contribution in [0.4, 0.5) is 5.69 Å². The van der Waals surface area contributed by atoms with Crippen molar-refractivity contribution in [1.82, 2.24) is 4.57 Å². The first kappa shape index (κ1) is 23.4. The van der Waals surface area contributed by atoms with Gasteiger partial charge in [-0.25, -0.2) is 0 Å². The minimum atomic E-state index is -0.319. The largest absolute Gasteiger partial charge is 0.497 e. The zero-order chi connectivity index (χ0) is 24.1. The second-order valence-electron chi connectivity index (χ2n) is 7.89. The number of nitrogens with one attached hydrogen (secondary N) is 1. The number of methoxy groups -OCH3 is 2. The van der Waals surface area contributed by atoms with Crippen molar-refractivity contribution in [1.29, 1.82) is 0 Å². The molecule has 0 aliphatic carbocycles. The topological polar surface area (TPSA) is 69.6 Å². The first-order chi connectivity index (χ1) is 16.5. The third-order valence-electron chi connectivity index (χ3n) is 5.63. The molecule has 4 aromatic rings. The number of aryl methyl sites for hydroxylation is 2. The van der Waals surface area contributed by atoms with Crippen LogP contribution in [-0.4, -0.2) is 24.7 Å². The van der Waals surface area contributed by atoms with E-state index in [4.69, 9.17) is 21.1 Å². The van der Waals surface area contributed by atoms with Gasteiger partial charge in [0.15, 0.2) is 0 Å². The number of carbonyl (C=O) groups excluding carboxylic acids is 1. The zero-order valence-corrected chi connectivity index (χ0v) is 19.8. The molecule has 0 aliphatic rings. The van der Waals surface area contributed by atoms with E-state index in [1.165, 1.54) is 4.57 Å². The van der Waals surface area contributed by atoms with Gasteiger partial charge in [0.25, 0.3) is 5.56 Å². The van der Waals surface area contributed by atoms with Crippen LogP contribution >= 0.6 is 11.6 Å². The molecule has 174 valence electrons. The lowest BCUT2D eigenvalue weighted by Gasteiger charge is -2.14. The lowest BCUT2D eigenvalue weighted by atomic mass is 10.0. The van der Waals surface area contributed by atoms with E-state index in [-0.39, 0.29) is 18.0 Å². The predicted molar refractivity (Wildman–Crippen MR) is 135 cm³/mol. The molecule has 1 heterocycles. The third-order valence-corrected chi connectivity index (χ3v) is 5.87. The average molecular weight is 477 g/mol. The number of anilines is 1. The molecule has 0 radical (unpaired) electrons. The van der Waals surface area contributed by atoms with Crippen molar-refractivity contribution < 1.29 is 14.3 Å². The van der Waals surface area contributed by atoms with E-state index in [0.717, 1.165) is 16.7 Å². The van der Waals surface area contributed by atoms with Crippen molar-refractivity contribution in [3.8, 4) is 11.5 Å². The second-order valence-corrected chi connectivity index (χ2v) is 8.33. The summed E-state index contributed by atoms with van der Waals surface area (Å²) in [5, 5.41) is 4.19. The molecule has 0 fully saturated rings. The van der Waals surface area contributed by atoms with Crippen LogP contribution in [0.25, 0.3) is 10.9 Å². The van der Waals surface area contributed by atoms with E-state index >= 15 is 0 Å². The number of ether oxygens (including phenoxy) is 2. The van der Waals surface area contributed by atoms with Gasteiger partial charge in [0.1, 0.15) is 18.0 Å². The fraction of sp³-hybridized carbons (Fsp3) is 0.185. The maximum Gasteiger partial charge on any atom is 0.254 e. The van der Waals surface area contributed by atoms with Gasteiger partial charge in [-0.3, -0.25) is 14.2 Å². The average Bonchev–Trinajstić information content (AvgIpc) is 2.84.